The number of nitrogens with one attached hydrogen (secondary N) is 1. The highest BCUT2D eigenvalue weighted by Crippen LogP contribution is 2.34. The molecule has 34 heavy (non-hydrogen) atoms. The fraction of sp³-hybridized carbons (Fsp3) is 0.136. The van der Waals surface area contributed by atoms with E-state index in [2.05, 4.69) is 15.4 Å². The molecule has 1 amide bonds. The van der Waals surface area contributed by atoms with Gasteiger partial charge in [0, 0.05) is 39.4 Å². The van der Waals surface area contributed by atoms with Crippen LogP contribution < -0.4 is 5.32 Å². The van der Waals surface area contributed by atoms with Crippen LogP contribution in [0.25, 0.3) is 5.65 Å². The van der Waals surface area contributed by atoms with E-state index in [0.717, 1.165) is 28.7 Å². The molecule has 0 spiro atoms. The number of benzene rings is 2. The van der Waals surface area contributed by atoms with E-state index in [1.807, 2.05) is 31.2 Å². The molecule has 4 aromatic rings. The second kappa shape index (κ2) is 8.78. The van der Waals surface area contributed by atoms with Crippen molar-refractivity contribution in [2.24, 2.45) is 0 Å². The van der Waals surface area contributed by atoms with E-state index in [0.29, 0.717) is 9.41 Å². The molecule has 12 heteroatoms. The normalized spacial score (nSPS) is 11.6. The van der Waals surface area contributed by atoms with Crippen LogP contribution in [-0.2, 0) is 6.18 Å². The zero-order chi connectivity index (χ0) is 24.6. The first-order valence-electron chi connectivity index (χ1n) is 9.79. The van der Waals surface area contributed by atoms with Gasteiger partial charge in [0.05, 0.1) is 4.92 Å². The lowest BCUT2D eigenvalue weighted by atomic mass is 10.2. The Kier molecular flexibility index (Phi) is 6.00. The minimum Gasteiger partial charge on any atom is -0.320 e. The first-order chi connectivity index (χ1) is 16.0. The molecule has 0 saturated heterocycles. The molecule has 1 N–H and O–H groups in total. The van der Waals surface area contributed by atoms with Gasteiger partial charge in [-0.05, 0) is 38.1 Å². The molecule has 174 valence electrons. The number of nitro groups is 1. The van der Waals surface area contributed by atoms with E-state index in [-0.39, 0.29) is 28.4 Å². The van der Waals surface area contributed by atoms with Crippen molar-refractivity contribution in [3.05, 3.63) is 87.4 Å². The van der Waals surface area contributed by atoms with Gasteiger partial charge in [0.25, 0.3) is 11.6 Å². The van der Waals surface area contributed by atoms with Crippen LogP contribution in [0.3, 0.4) is 0 Å². The van der Waals surface area contributed by atoms with Crippen molar-refractivity contribution in [1.29, 1.82) is 0 Å². The molecule has 4 rings (SSSR count). The van der Waals surface area contributed by atoms with Crippen LogP contribution in [0.5, 0.6) is 0 Å². The Balaban J connectivity index is 1.66. The van der Waals surface area contributed by atoms with Gasteiger partial charge < -0.3 is 5.32 Å². The molecule has 8 nitrogen and oxygen atoms in total. The molecule has 2 aromatic heterocycles. The first kappa shape index (κ1) is 23.2. The van der Waals surface area contributed by atoms with Crippen molar-refractivity contribution < 1.29 is 22.9 Å². The summed E-state index contributed by atoms with van der Waals surface area (Å²) in [5.41, 5.74) is -0.508. The Labute approximate surface area is 195 Å². The number of hydrogen-bond acceptors (Lipinski definition) is 6. The number of rotatable bonds is 5. The van der Waals surface area contributed by atoms with E-state index in [1.165, 1.54) is 30.8 Å². The zero-order valence-electron chi connectivity index (χ0n) is 17.8. The van der Waals surface area contributed by atoms with Crippen LogP contribution in [0.15, 0.2) is 64.4 Å². The third-order valence-electron chi connectivity index (χ3n) is 4.69. The molecule has 0 bridgehead atoms. The van der Waals surface area contributed by atoms with E-state index in [4.69, 9.17) is 0 Å². The van der Waals surface area contributed by atoms with Crippen molar-refractivity contribution in [1.82, 2.24) is 14.6 Å². The number of aryl methyl sites for hydroxylation is 2. The Morgan fingerprint density at radius 2 is 1.76 bits per heavy atom. The van der Waals surface area contributed by atoms with Gasteiger partial charge in [0.15, 0.2) is 11.3 Å². The Bertz CT molecular complexity index is 1420. The lowest BCUT2D eigenvalue weighted by Gasteiger charge is -2.09. The predicted molar refractivity (Wildman–Crippen MR) is 119 cm³/mol. The number of amides is 1. The predicted octanol–water partition coefficient (Wildman–Crippen LogP) is 5.68. The molecule has 0 radical (unpaired) electrons. The summed E-state index contributed by atoms with van der Waals surface area (Å²) in [6.45, 7) is 3.33. The summed E-state index contributed by atoms with van der Waals surface area (Å²) >= 11 is 1.26. The van der Waals surface area contributed by atoms with Gasteiger partial charge in [-0.2, -0.15) is 18.3 Å². The molecule has 2 aromatic carbocycles. The van der Waals surface area contributed by atoms with Crippen LogP contribution >= 0.6 is 11.8 Å². The summed E-state index contributed by atoms with van der Waals surface area (Å²) in [7, 11) is 0. The summed E-state index contributed by atoms with van der Waals surface area (Å²) in [4.78, 5) is 28.9. The molecule has 0 aliphatic carbocycles. The topological polar surface area (TPSA) is 102 Å². The molecule has 0 fully saturated rings. The fourth-order valence-electron chi connectivity index (χ4n) is 3.17. The number of non-ortho nitro benzene ring substituents is 1. The quantitative estimate of drug-likeness (QED) is 0.287. The van der Waals surface area contributed by atoms with Crippen LogP contribution in [0.2, 0.25) is 0 Å². The number of hydrogen-bond donors (Lipinski definition) is 1. The Morgan fingerprint density at radius 3 is 2.41 bits per heavy atom. The number of fused-ring (bicyclic) bond motifs is 1. The molecule has 0 aliphatic heterocycles. The smallest absolute Gasteiger partial charge is 0.320 e. The second-order valence-electron chi connectivity index (χ2n) is 7.42. The molecule has 0 atom stereocenters. The summed E-state index contributed by atoms with van der Waals surface area (Å²) < 4.78 is 40.6. The van der Waals surface area contributed by atoms with Crippen LogP contribution in [0, 0.1) is 24.0 Å². The Hall–Kier alpha value is -3.93. The number of carbonyl (C=O) groups is 1. The highest BCUT2D eigenvalue weighted by atomic mass is 32.2. The van der Waals surface area contributed by atoms with Crippen molar-refractivity contribution in [2.45, 2.75) is 29.8 Å². The van der Waals surface area contributed by atoms with Crippen LogP contribution in [0.1, 0.15) is 27.4 Å². The van der Waals surface area contributed by atoms with Crippen molar-refractivity contribution in [3.63, 3.8) is 0 Å². The summed E-state index contributed by atoms with van der Waals surface area (Å²) in [6.07, 6.45) is -4.70. The van der Waals surface area contributed by atoms with E-state index < -0.39 is 22.7 Å². The molecule has 0 saturated carbocycles. The SMILES string of the molecule is Cc1ccc(Sc2cc(NC(=O)c3cc4nc(C)cc(C(F)(F)F)n4n3)cc([N+](=O)[O-])c2)cc1. The molecular weight excluding hydrogens is 471 g/mol. The van der Waals surface area contributed by atoms with Gasteiger partial charge in [-0.25, -0.2) is 9.50 Å². The number of nitro benzene ring substituents is 1. The largest absolute Gasteiger partial charge is 0.433 e. The zero-order valence-corrected chi connectivity index (χ0v) is 18.6. The number of aromatic nitrogens is 3. The Morgan fingerprint density at radius 1 is 1.06 bits per heavy atom. The molecule has 0 unspecified atom stereocenters. The highest BCUT2D eigenvalue weighted by Gasteiger charge is 2.35. The van der Waals surface area contributed by atoms with Crippen LogP contribution in [0.4, 0.5) is 24.5 Å². The van der Waals surface area contributed by atoms with Crippen LogP contribution in [-0.4, -0.2) is 25.4 Å². The van der Waals surface area contributed by atoms with Gasteiger partial charge in [0.1, 0.15) is 5.69 Å². The second-order valence-corrected chi connectivity index (χ2v) is 8.57. The number of anilines is 1. The van der Waals surface area contributed by atoms with Crippen molar-refractivity contribution in [3.8, 4) is 0 Å². The number of alkyl halides is 3. The van der Waals surface area contributed by atoms with Gasteiger partial charge in [-0.15, -0.1) is 0 Å². The minimum atomic E-state index is -4.70. The maximum Gasteiger partial charge on any atom is 0.433 e. The lowest BCUT2D eigenvalue weighted by molar-refractivity contribution is -0.385. The fourth-order valence-corrected chi connectivity index (χ4v) is 4.08. The molecular formula is C22H16F3N5O3S. The highest BCUT2D eigenvalue weighted by molar-refractivity contribution is 7.99. The average molecular weight is 487 g/mol. The third-order valence-corrected chi connectivity index (χ3v) is 5.67. The van der Waals surface area contributed by atoms with E-state index in [1.54, 1.807) is 0 Å². The van der Waals surface area contributed by atoms with E-state index in [9.17, 15) is 28.1 Å². The maximum atomic E-state index is 13.4. The minimum absolute atomic E-state index is 0.103. The van der Waals surface area contributed by atoms with Gasteiger partial charge in [0.2, 0.25) is 0 Å². The molecule has 2 heterocycles. The monoisotopic (exact) mass is 487 g/mol. The van der Waals surface area contributed by atoms with Gasteiger partial charge >= 0.3 is 6.18 Å². The number of carbonyl (C=O) groups excluding carboxylic acids is 1. The average Bonchev–Trinajstić information content (AvgIpc) is 3.18. The molecule has 0 aliphatic rings. The number of nitrogens with zero attached hydrogens (tertiary/aromatic N) is 4. The van der Waals surface area contributed by atoms with Gasteiger partial charge in [-0.1, -0.05) is 29.5 Å². The standard InChI is InChI=1S/C22H16F3N5O3S/c1-12-3-5-16(6-4-12)34-17-9-14(8-15(10-17)30(32)33)27-21(31)18-11-20-26-13(2)7-19(22(23,24)25)29(20)28-18/h3-11H,1-2H3,(H,27,31). The summed E-state index contributed by atoms with van der Waals surface area (Å²) in [5.74, 6) is -0.830. The van der Waals surface area contributed by atoms with Gasteiger partial charge in [-0.3, -0.25) is 14.9 Å². The van der Waals surface area contributed by atoms with Crippen molar-refractivity contribution >= 4 is 34.7 Å². The first-order valence-corrected chi connectivity index (χ1v) is 10.6. The number of halogens is 3. The van der Waals surface area contributed by atoms with Crippen molar-refractivity contribution in [2.75, 3.05) is 5.32 Å². The van der Waals surface area contributed by atoms with E-state index >= 15 is 0 Å². The third kappa shape index (κ3) is 5.01. The summed E-state index contributed by atoms with van der Waals surface area (Å²) in [5, 5.41) is 17.6. The lowest BCUT2D eigenvalue weighted by Crippen LogP contribution is -2.16. The summed E-state index contributed by atoms with van der Waals surface area (Å²) in [6, 6.07) is 13.5. The maximum absolute atomic E-state index is 13.4.